The number of rotatable bonds is 11. The first-order valence-electron chi connectivity index (χ1n) is 22.4. The van der Waals surface area contributed by atoms with Crippen LogP contribution in [0.25, 0.3) is 6.08 Å². The Bertz CT molecular complexity index is 2540. The molecule has 0 aromatic heterocycles. The molecule has 0 amide bonds. The molecule has 0 aliphatic rings. The van der Waals surface area contributed by atoms with Crippen molar-refractivity contribution >= 4 is 29.4 Å². The minimum atomic E-state index is 0.0376. The summed E-state index contributed by atoms with van der Waals surface area (Å²) in [5.74, 6) is 2.01. The zero-order chi connectivity index (χ0) is 47.3. The first kappa shape index (κ1) is 50.0. The minimum absolute atomic E-state index is 0.0376. The Kier molecular flexibility index (Phi) is 19.8. The molecule has 0 heterocycles. The third kappa shape index (κ3) is 18.2. The van der Waals surface area contributed by atoms with Crippen molar-refractivity contribution in [3.63, 3.8) is 0 Å². The van der Waals surface area contributed by atoms with Crippen LogP contribution in [0.2, 0.25) is 0 Å². The molecule has 0 spiro atoms. The van der Waals surface area contributed by atoms with E-state index in [2.05, 4.69) is 107 Å². The molecule has 0 saturated carbocycles. The maximum atomic E-state index is 12.0. The van der Waals surface area contributed by atoms with Crippen LogP contribution in [0.3, 0.4) is 0 Å². The number of hydrogen-bond donors (Lipinski definition) is 0. The van der Waals surface area contributed by atoms with Gasteiger partial charge < -0.3 is 4.74 Å². The fraction of sp³-hybridized carbons (Fsp3) is 0.161. The van der Waals surface area contributed by atoms with E-state index in [0.717, 1.165) is 40.2 Å². The van der Waals surface area contributed by atoms with Crippen LogP contribution in [0.1, 0.15) is 82.8 Å². The second-order valence-electron chi connectivity index (χ2n) is 16.7. The monoisotopic (exact) mass is 886 g/mol. The van der Waals surface area contributed by atoms with Crippen LogP contribution in [0.5, 0.6) is 11.5 Å². The van der Waals surface area contributed by atoms with Crippen LogP contribution in [-0.2, 0) is 6.42 Å². The summed E-state index contributed by atoms with van der Waals surface area (Å²) in [4.78, 5) is 26.5. The zero-order valence-corrected chi connectivity index (χ0v) is 40.5. The number of Topliss-reactive ketones (excluding diaryl/α,β-unsaturated/α-hetero) is 1. The summed E-state index contributed by atoms with van der Waals surface area (Å²) < 4.78 is 5.69. The molecule has 4 heteroatoms. The molecule has 334 valence electrons. The van der Waals surface area contributed by atoms with Crippen molar-refractivity contribution in [1.29, 1.82) is 0 Å². The quantitative estimate of drug-likeness (QED) is 0.0959. The van der Waals surface area contributed by atoms with Gasteiger partial charge in [0.25, 0.3) is 0 Å². The first-order chi connectivity index (χ1) is 31.8. The fourth-order valence-electron chi connectivity index (χ4n) is 6.26. The average molecular weight is 887 g/mol. The summed E-state index contributed by atoms with van der Waals surface area (Å²) in [6, 6.07) is 65.2. The van der Waals surface area contributed by atoms with E-state index in [9.17, 15) is 9.59 Å². The molecule has 0 N–H and O–H groups in total. The van der Waals surface area contributed by atoms with Crippen LogP contribution in [0.4, 0.5) is 0 Å². The summed E-state index contributed by atoms with van der Waals surface area (Å²) in [7, 11) is 0. The standard InChI is InChI=1S/C17H18O.C17H16O.C14H14O.C14H14S/c2*1-13-3-7-15(8-4-13)9-12-17(18)16-10-5-14(2)6-11-16;2*1-11-3-7-13(8-4-11)15-14-9-5-12(2)6-10-14/h3-8,10-11H,9,12H2,1-2H3;3-12H,1-2H3;2*3-10H,1-2H3. The van der Waals surface area contributed by atoms with Gasteiger partial charge in [0.05, 0.1) is 0 Å². The molecule has 0 bridgehead atoms. The number of ether oxygens (including phenoxy) is 1. The third-order valence-electron chi connectivity index (χ3n) is 10.5. The second kappa shape index (κ2) is 26.1. The first-order valence-corrected chi connectivity index (χ1v) is 23.2. The van der Waals surface area contributed by atoms with Gasteiger partial charge in [-0.1, -0.05) is 208 Å². The van der Waals surface area contributed by atoms with E-state index in [4.69, 9.17) is 4.74 Å². The van der Waals surface area contributed by atoms with Crippen molar-refractivity contribution in [2.45, 2.75) is 78.0 Å². The summed E-state index contributed by atoms with van der Waals surface area (Å²) in [5, 5.41) is 0. The van der Waals surface area contributed by atoms with E-state index in [-0.39, 0.29) is 11.6 Å². The second-order valence-corrected chi connectivity index (χ2v) is 17.9. The van der Waals surface area contributed by atoms with E-state index in [1.54, 1.807) is 17.8 Å². The van der Waals surface area contributed by atoms with Gasteiger partial charge in [-0.2, -0.15) is 0 Å². The number of hydrogen-bond acceptors (Lipinski definition) is 4. The largest absolute Gasteiger partial charge is 0.457 e. The average Bonchev–Trinajstić information content (AvgIpc) is 3.32. The molecule has 8 aromatic rings. The predicted octanol–water partition coefficient (Wildman–Crippen LogP) is 16.9. The highest BCUT2D eigenvalue weighted by Crippen LogP contribution is 2.28. The molecule has 8 aromatic carbocycles. The maximum absolute atomic E-state index is 12.0. The van der Waals surface area contributed by atoms with Crippen molar-refractivity contribution in [2.75, 3.05) is 0 Å². The van der Waals surface area contributed by atoms with E-state index in [1.165, 1.54) is 54.3 Å². The van der Waals surface area contributed by atoms with Gasteiger partial charge in [0.1, 0.15) is 11.5 Å². The minimum Gasteiger partial charge on any atom is -0.457 e. The van der Waals surface area contributed by atoms with Gasteiger partial charge >= 0.3 is 0 Å². The van der Waals surface area contributed by atoms with Gasteiger partial charge in [-0.3, -0.25) is 9.59 Å². The highest BCUT2D eigenvalue weighted by molar-refractivity contribution is 7.99. The van der Waals surface area contributed by atoms with E-state index >= 15 is 0 Å². The lowest BCUT2D eigenvalue weighted by Gasteiger charge is -2.05. The number of carbonyl (C=O) groups is 2. The van der Waals surface area contributed by atoms with Crippen molar-refractivity contribution in [2.24, 2.45) is 0 Å². The lowest BCUT2D eigenvalue weighted by atomic mass is 10.0. The molecule has 8 rings (SSSR count). The van der Waals surface area contributed by atoms with Crippen LogP contribution < -0.4 is 4.74 Å². The third-order valence-corrected chi connectivity index (χ3v) is 11.5. The highest BCUT2D eigenvalue weighted by Gasteiger charge is 2.06. The Morgan fingerprint density at radius 2 is 0.712 bits per heavy atom. The van der Waals surface area contributed by atoms with Gasteiger partial charge in [0.15, 0.2) is 11.6 Å². The number of carbonyl (C=O) groups excluding carboxylic acids is 2. The molecule has 0 unspecified atom stereocenters. The Hall–Kier alpha value is -7.01. The van der Waals surface area contributed by atoms with Gasteiger partial charge in [-0.15, -0.1) is 0 Å². The molecule has 0 atom stereocenters. The van der Waals surface area contributed by atoms with Gasteiger partial charge in [0, 0.05) is 27.3 Å². The summed E-state index contributed by atoms with van der Waals surface area (Å²) in [5.41, 5.74) is 13.7. The van der Waals surface area contributed by atoms with Gasteiger partial charge in [-0.25, -0.2) is 0 Å². The van der Waals surface area contributed by atoms with Crippen LogP contribution in [0, 0.1) is 55.4 Å². The summed E-state index contributed by atoms with van der Waals surface area (Å²) in [6.45, 7) is 16.5. The van der Waals surface area contributed by atoms with E-state index in [0.29, 0.717) is 6.42 Å². The van der Waals surface area contributed by atoms with Crippen molar-refractivity contribution < 1.29 is 14.3 Å². The Morgan fingerprint density at radius 3 is 1.11 bits per heavy atom. The predicted molar refractivity (Wildman–Crippen MR) is 280 cm³/mol. The highest BCUT2D eigenvalue weighted by atomic mass is 32.2. The zero-order valence-electron chi connectivity index (χ0n) is 39.7. The van der Waals surface area contributed by atoms with Crippen LogP contribution in [-0.4, -0.2) is 11.6 Å². The number of benzene rings is 8. The van der Waals surface area contributed by atoms with E-state index < -0.39 is 0 Å². The van der Waals surface area contributed by atoms with Crippen LogP contribution in [0.15, 0.2) is 210 Å². The smallest absolute Gasteiger partial charge is 0.185 e. The molecule has 3 nitrogen and oxygen atoms in total. The van der Waals surface area contributed by atoms with Crippen molar-refractivity contribution in [3.05, 3.63) is 267 Å². The molecule has 0 aliphatic heterocycles. The Balaban J connectivity index is 0.000000166. The molecule has 0 fully saturated rings. The Labute approximate surface area is 398 Å². The molecule has 0 aliphatic carbocycles. The lowest BCUT2D eigenvalue weighted by molar-refractivity contribution is 0.0981. The molecular weight excluding hydrogens is 825 g/mol. The number of allylic oxidation sites excluding steroid dienone is 1. The molecule has 66 heavy (non-hydrogen) atoms. The summed E-state index contributed by atoms with van der Waals surface area (Å²) in [6.07, 6.45) is 4.86. The normalized spacial score (nSPS) is 10.4. The number of aryl methyl sites for hydroxylation is 9. The van der Waals surface area contributed by atoms with E-state index in [1.807, 2.05) is 148 Å². The van der Waals surface area contributed by atoms with Crippen molar-refractivity contribution in [3.8, 4) is 11.5 Å². The van der Waals surface area contributed by atoms with Crippen molar-refractivity contribution in [1.82, 2.24) is 0 Å². The van der Waals surface area contributed by atoms with Gasteiger partial charge in [-0.05, 0) is 128 Å². The molecule has 0 radical (unpaired) electrons. The van der Waals surface area contributed by atoms with Gasteiger partial charge in [0.2, 0.25) is 0 Å². The maximum Gasteiger partial charge on any atom is 0.185 e. The SMILES string of the molecule is Cc1ccc(C=CC(=O)c2ccc(C)cc2)cc1.Cc1ccc(CCC(=O)c2ccc(C)cc2)cc1.Cc1ccc(Oc2ccc(C)cc2)cc1.Cc1ccc(Sc2ccc(C)cc2)cc1. The molecular formula is C62H62O3S. The summed E-state index contributed by atoms with van der Waals surface area (Å²) >= 11 is 1.80. The van der Waals surface area contributed by atoms with Crippen LogP contribution >= 0.6 is 11.8 Å². The number of ketones is 2. The lowest BCUT2D eigenvalue weighted by Crippen LogP contribution is -2.01. The molecule has 0 saturated heterocycles. The fourth-order valence-corrected chi connectivity index (χ4v) is 7.07. The topological polar surface area (TPSA) is 43.4 Å². The Morgan fingerprint density at radius 1 is 0.394 bits per heavy atom.